The molecule has 0 aliphatic heterocycles. The van der Waals surface area contributed by atoms with Crippen LogP contribution in [0.1, 0.15) is 0 Å². The number of hydrogen-bond donors (Lipinski definition) is 2. The van der Waals surface area contributed by atoms with Crippen LogP contribution in [0.4, 0.5) is 11.5 Å². The molecule has 0 radical (unpaired) electrons. The molecule has 0 aliphatic rings. The zero-order valence-electron chi connectivity index (χ0n) is 8.28. The quantitative estimate of drug-likeness (QED) is 0.756. The van der Waals surface area contributed by atoms with Gasteiger partial charge in [0.1, 0.15) is 11.5 Å². The first-order valence-electron chi connectivity index (χ1n) is 4.60. The first-order chi connectivity index (χ1) is 7.74. The predicted octanol–water partition coefficient (Wildman–Crippen LogP) is 2.91. The van der Waals surface area contributed by atoms with Crippen LogP contribution in [0.3, 0.4) is 0 Å². The molecule has 1 heterocycles. The molecule has 0 aliphatic carbocycles. The lowest BCUT2D eigenvalue weighted by Gasteiger charge is -1.96. The van der Waals surface area contributed by atoms with Crippen molar-refractivity contribution in [2.75, 3.05) is 0 Å². The van der Waals surface area contributed by atoms with E-state index in [1.54, 1.807) is 24.4 Å². The Balaban J connectivity index is 2.24. The fourth-order valence-electron chi connectivity index (χ4n) is 1.16. The number of benzene rings is 1. The van der Waals surface area contributed by atoms with Crippen LogP contribution in [-0.4, -0.2) is 15.2 Å². The fraction of sp³-hybridized carbons (Fsp3) is 0. The molecule has 0 amide bonds. The van der Waals surface area contributed by atoms with E-state index in [0.29, 0.717) is 11.5 Å². The van der Waals surface area contributed by atoms with E-state index in [-0.39, 0.29) is 11.5 Å². The molecule has 0 unspecified atom stereocenters. The molecule has 2 rings (SSSR count). The van der Waals surface area contributed by atoms with Crippen molar-refractivity contribution in [1.29, 1.82) is 0 Å². The van der Waals surface area contributed by atoms with E-state index >= 15 is 0 Å². The predicted molar refractivity (Wildman–Crippen MR) is 58.2 cm³/mol. The lowest BCUT2D eigenvalue weighted by atomic mass is 10.3. The molecule has 2 aromatic rings. The van der Waals surface area contributed by atoms with Gasteiger partial charge in [0.25, 0.3) is 0 Å². The molecule has 0 saturated heterocycles. The van der Waals surface area contributed by atoms with E-state index in [4.69, 9.17) is 0 Å². The van der Waals surface area contributed by atoms with E-state index in [2.05, 4.69) is 15.2 Å². The van der Waals surface area contributed by atoms with Crippen LogP contribution in [-0.2, 0) is 0 Å². The van der Waals surface area contributed by atoms with Gasteiger partial charge in [-0.25, -0.2) is 4.98 Å². The molecule has 0 bridgehead atoms. The lowest BCUT2D eigenvalue weighted by molar-refractivity contribution is 0.451. The van der Waals surface area contributed by atoms with Gasteiger partial charge in [-0.2, -0.15) is 0 Å². The summed E-state index contributed by atoms with van der Waals surface area (Å²) in [6, 6.07) is 9.28. The number of aromatic nitrogens is 1. The Morgan fingerprint density at radius 2 is 1.69 bits per heavy atom. The van der Waals surface area contributed by atoms with Crippen molar-refractivity contribution in [3.63, 3.8) is 0 Å². The first kappa shape index (κ1) is 10.1. The number of nitrogens with zero attached hydrogens (tertiary/aromatic N) is 3. The van der Waals surface area contributed by atoms with Crippen molar-refractivity contribution in [3.05, 3.63) is 42.6 Å². The van der Waals surface area contributed by atoms with Crippen molar-refractivity contribution in [2.24, 2.45) is 10.2 Å². The minimum atomic E-state index is -0.0602. The molecule has 1 aromatic heterocycles. The van der Waals surface area contributed by atoms with Gasteiger partial charge in [0.2, 0.25) is 0 Å². The van der Waals surface area contributed by atoms with Crippen molar-refractivity contribution >= 4 is 11.5 Å². The highest BCUT2D eigenvalue weighted by atomic mass is 16.3. The molecular formula is C11H9N3O2. The summed E-state index contributed by atoms with van der Waals surface area (Å²) >= 11 is 0. The van der Waals surface area contributed by atoms with Crippen LogP contribution >= 0.6 is 0 Å². The summed E-state index contributed by atoms with van der Waals surface area (Å²) < 4.78 is 0. The summed E-state index contributed by atoms with van der Waals surface area (Å²) in [7, 11) is 0. The van der Waals surface area contributed by atoms with E-state index in [1.165, 1.54) is 18.2 Å². The fourth-order valence-corrected chi connectivity index (χ4v) is 1.16. The lowest BCUT2D eigenvalue weighted by Crippen LogP contribution is -1.70. The topological polar surface area (TPSA) is 78.1 Å². The maximum absolute atomic E-state index is 9.21. The van der Waals surface area contributed by atoms with E-state index in [0.717, 1.165) is 0 Å². The third-order valence-corrected chi connectivity index (χ3v) is 1.80. The van der Waals surface area contributed by atoms with Gasteiger partial charge in [-0.15, -0.1) is 10.2 Å². The number of aromatic hydroxyl groups is 2. The third-order valence-electron chi connectivity index (χ3n) is 1.80. The molecule has 0 fully saturated rings. The number of pyridine rings is 1. The third kappa shape index (κ3) is 2.54. The van der Waals surface area contributed by atoms with Crippen LogP contribution in [0.15, 0.2) is 52.8 Å². The zero-order chi connectivity index (χ0) is 11.4. The van der Waals surface area contributed by atoms with E-state index in [9.17, 15) is 10.2 Å². The Kier molecular flexibility index (Phi) is 2.77. The Hall–Kier alpha value is -2.43. The van der Waals surface area contributed by atoms with Crippen molar-refractivity contribution in [3.8, 4) is 11.5 Å². The molecule has 80 valence electrons. The zero-order valence-corrected chi connectivity index (χ0v) is 8.28. The molecule has 0 atom stereocenters. The summed E-state index contributed by atoms with van der Waals surface area (Å²) in [5.41, 5.74) is 0.364. The Labute approximate surface area is 91.7 Å². The normalized spacial score (nSPS) is 10.8. The van der Waals surface area contributed by atoms with Crippen LogP contribution in [0.25, 0.3) is 0 Å². The van der Waals surface area contributed by atoms with Gasteiger partial charge in [0, 0.05) is 24.4 Å². The first-order valence-corrected chi connectivity index (χ1v) is 4.60. The Morgan fingerprint density at radius 3 is 2.31 bits per heavy atom. The van der Waals surface area contributed by atoms with Crippen LogP contribution in [0.5, 0.6) is 11.5 Å². The number of phenols is 2. The monoisotopic (exact) mass is 215 g/mol. The maximum atomic E-state index is 9.21. The molecule has 16 heavy (non-hydrogen) atoms. The molecule has 0 saturated carbocycles. The van der Waals surface area contributed by atoms with E-state index in [1.807, 2.05) is 0 Å². The highest BCUT2D eigenvalue weighted by molar-refractivity contribution is 5.48. The highest BCUT2D eigenvalue weighted by Crippen LogP contribution is 2.27. The molecule has 0 spiro atoms. The minimum absolute atomic E-state index is 0.0602. The van der Waals surface area contributed by atoms with Gasteiger partial charge in [-0.05, 0) is 12.1 Å². The SMILES string of the molecule is Oc1cc(O)cc(N=Nc2ccccn2)c1. The minimum Gasteiger partial charge on any atom is -0.508 e. The smallest absolute Gasteiger partial charge is 0.174 e. The van der Waals surface area contributed by atoms with Crippen molar-refractivity contribution < 1.29 is 10.2 Å². The van der Waals surface area contributed by atoms with Gasteiger partial charge in [0.05, 0.1) is 5.69 Å². The molecular weight excluding hydrogens is 206 g/mol. The summed E-state index contributed by atoms with van der Waals surface area (Å²) in [5, 5.41) is 26.1. The van der Waals surface area contributed by atoms with Gasteiger partial charge in [-0.1, -0.05) is 6.07 Å². The second-order valence-corrected chi connectivity index (χ2v) is 3.10. The standard InChI is InChI=1S/C11H9N3O2/c15-9-5-8(6-10(16)7-9)13-14-11-3-1-2-4-12-11/h1-7,15-16H. The molecule has 1 aromatic carbocycles. The molecule has 2 N–H and O–H groups in total. The highest BCUT2D eigenvalue weighted by Gasteiger charge is 1.97. The summed E-state index contributed by atoms with van der Waals surface area (Å²) in [6.07, 6.45) is 1.61. The Bertz CT molecular complexity index is 492. The summed E-state index contributed by atoms with van der Waals surface area (Å²) in [4.78, 5) is 3.95. The average Bonchev–Trinajstić information content (AvgIpc) is 2.27. The second kappa shape index (κ2) is 4.39. The summed E-state index contributed by atoms with van der Waals surface area (Å²) in [5.74, 6) is 0.343. The molecule has 5 nitrogen and oxygen atoms in total. The summed E-state index contributed by atoms with van der Waals surface area (Å²) in [6.45, 7) is 0. The van der Waals surface area contributed by atoms with Crippen LogP contribution < -0.4 is 0 Å². The number of hydrogen-bond acceptors (Lipinski definition) is 5. The molecule has 5 heteroatoms. The van der Waals surface area contributed by atoms with Gasteiger partial charge in [0.15, 0.2) is 5.82 Å². The van der Waals surface area contributed by atoms with Crippen LogP contribution in [0, 0.1) is 0 Å². The second-order valence-electron chi connectivity index (χ2n) is 3.10. The van der Waals surface area contributed by atoms with Crippen LogP contribution in [0.2, 0.25) is 0 Å². The average molecular weight is 215 g/mol. The number of azo groups is 1. The van der Waals surface area contributed by atoms with Gasteiger partial charge < -0.3 is 10.2 Å². The maximum Gasteiger partial charge on any atom is 0.174 e. The van der Waals surface area contributed by atoms with Crippen molar-refractivity contribution in [2.45, 2.75) is 0 Å². The van der Waals surface area contributed by atoms with E-state index < -0.39 is 0 Å². The number of rotatable bonds is 2. The Morgan fingerprint density at radius 1 is 0.938 bits per heavy atom. The largest absolute Gasteiger partial charge is 0.508 e. The number of phenolic OH excluding ortho intramolecular Hbond substituents is 2. The van der Waals surface area contributed by atoms with Gasteiger partial charge in [-0.3, -0.25) is 0 Å². The van der Waals surface area contributed by atoms with Gasteiger partial charge >= 0.3 is 0 Å². The van der Waals surface area contributed by atoms with Crippen molar-refractivity contribution in [1.82, 2.24) is 4.98 Å².